The number of imidazole rings is 1. The molecule has 1 aliphatic rings. The van der Waals surface area contributed by atoms with E-state index in [4.69, 9.17) is 0 Å². The summed E-state index contributed by atoms with van der Waals surface area (Å²) in [5.74, 6) is -0.767. The van der Waals surface area contributed by atoms with Gasteiger partial charge in [0, 0.05) is 24.5 Å². The second-order valence-electron chi connectivity index (χ2n) is 5.55. The van der Waals surface area contributed by atoms with Gasteiger partial charge in [-0.05, 0) is 38.8 Å². The highest BCUT2D eigenvalue weighted by atomic mass is 16.4. The molecule has 1 N–H and O–H groups in total. The fourth-order valence-electron chi connectivity index (χ4n) is 2.59. The van der Waals surface area contributed by atoms with Crippen molar-refractivity contribution in [3.63, 3.8) is 0 Å². The topological polar surface area (TPSA) is 57.8 Å². The lowest BCUT2D eigenvalue weighted by atomic mass is 10.2. The van der Waals surface area contributed by atoms with Gasteiger partial charge in [0.2, 0.25) is 0 Å². The van der Waals surface area contributed by atoms with E-state index in [0.717, 1.165) is 29.9 Å². The van der Waals surface area contributed by atoms with Crippen LogP contribution in [0.5, 0.6) is 0 Å². The molecule has 0 amide bonds. The Labute approximate surface area is 117 Å². The van der Waals surface area contributed by atoms with Crippen LogP contribution in [0.1, 0.15) is 31.2 Å². The molecule has 0 aromatic carbocycles. The Morgan fingerprint density at radius 2 is 2.30 bits per heavy atom. The maximum absolute atomic E-state index is 11.2. The third kappa shape index (κ3) is 2.41. The lowest BCUT2D eigenvalue weighted by Gasteiger charge is -2.25. The van der Waals surface area contributed by atoms with Crippen molar-refractivity contribution in [2.24, 2.45) is 0 Å². The Morgan fingerprint density at radius 1 is 1.55 bits per heavy atom. The number of aryl methyl sites for hydroxylation is 1. The van der Waals surface area contributed by atoms with Crippen molar-refractivity contribution in [3.05, 3.63) is 35.8 Å². The predicted molar refractivity (Wildman–Crippen MR) is 75.6 cm³/mol. The van der Waals surface area contributed by atoms with Gasteiger partial charge in [-0.2, -0.15) is 0 Å². The molecule has 0 bridgehead atoms. The van der Waals surface area contributed by atoms with E-state index in [2.05, 4.69) is 4.98 Å². The zero-order chi connectivity index (χ0) is 14.3. The summed E-state index contributed by atoms with van der Waals surface area (Å²) in [5, 5.41) is 9.22. The maximum atomic E-state index is 11.2. The second-order valence-corrected chi connectivity index (χ2v) is 5.55. The van der Waals surface area contributed by atoms with Crippen LogP contribution in [0.3, 0.4) is 0 Å². The van der Waals surface area contributed by atoms with Crippen LogP contribution in [0.15, 0.2) is 24.4 Å². The Kier molecular flexibility index (Phi) is 3.22. The van der Waals surface area contributed by atoms with Crippen LogP contribution in [0, 0.1) is 6.92 Å². The molecule has 106 valence electrons. The number of hydrogen-bond acceptors (Lipinski definition) is 3. The normalized spacial score (nSPS) is 16.8. The first-order valence-electron chi connectivity index (χ1n) is 6.98. The number of pyridine rings is 1. The molecule has 5 nitrogen and oxygen atoms in total. The van der Waals surface area contributed by atoms with Crippen LogP contribution >= 0.6 is 0 Å². The van der Waals surface area contributed by atoms with Gasteiger partial charge in [0.05, 0.1) is 5.69 Å². The lowest BCUT2D eigenvalue weighted by Crippen LogP contribution is -2.40. The van der Waals surface area contributed by atoms with E-state index in [1.165, 1.54) is 0 Å². The average Bonchev–Trinajstić information content (AvgIpc) is 3.16. The van der Waals surface area contributed by atoms with Crippen molar-refractivity contribution in [1.29, 1.82) is 0 Å². The molecule has 1 unspecified atom stereocenters. The van der Waals surface area contributed by atoms with Gasteiger partial charge < -0.3 is 9.51 Å². The van der Waals surface area contributed by atoms with Gasteiger partial charge in [0.25, 0.3) is 0 Å². The van der Waals surface area contributed by atoms with Gasteiger partial charge in [-0.15, -0.1) is 0 Å². The van der Waals surface area contributed by atoms with E-state index in [0.29, 0.717) is 12.6 Å². The molecule has 1 saturated carbocycles. The minimum Gasteiger partial charge on any atom is -0.480 e. The number of carboxylic acid groups (broad SMARTS) is 1. The first kappa shape index (κ1) is 13.1. The number of aliphatic carboxylic acids is 1. The quantitative estimate of drug-likeness (QED) is 0.906. The third-order valence-electron chi connectivity index (χ3n) is 3.96. The van der Waals surface area contributed by atoms with E-state index < -0.39 is 12.0 Å². The van der Waals surface area contributed by atoms with Gasteiger partial charge in [0.15, 0.2) is 0 Å². The molecule has 3 rings (SSSR count). The van der Waals surface area contributed by atoms with Crippen LogP contribution < -0.4 is 0 Å². The number of carboxylic acids is 1. The summed E-state index contributed by atoms with van der Waals surface area (Å²) < 4.78 is 2.05. The van der Waals surface area contributed by atoms with E-state index in [-0.39, 0.29) is 0 Å². The molecule has 20 heavy (non-hydrogen) atoms. The molecule has 5 heteroatoms. The SMILES string of the molecule is Cc1cccc2nc(CN(C3CC3)C(C)C(=O)O)cn12. The van der Waals surface area contributed by atoms with Crippen LogP contribution in [0.25, 0.3) is 5.65 Å². The zero-order valence-electron chi connectivity index (χ0n) is 11.8. The Morgan fingerprint density at radius 3 is 2.90 bits per heavy atom. The molecule has 0 radical (unpaired) electrons. The van der Waals surface area contributed by atoms with Crippen LogP contribution in [0.2, 0.25) is 0 Å². The Bertz CT molecular complexity index is 646. The van der Waals surface area contributed by atoms with Crippen LogP contribution in [-0.2, 0) is 11.3 Å². The molecule has 1 fully saturated rings. The van der Waals surface area contributed by atoms with Crippen molar-refractivity contribution in [1.82, 2.24) is 14.3 Å². The number of hydrogen-bond donors (Lipinski definition) is 1. The molecular formula is C15H19N3O2. The number of nitrogens with zero attached hydrogens (tertiary/aromatic N) is 3. The van der Waals surface area contributed by atoms with Crippen molar-refractivity contribution < 1.29 is 9.90 Å². The molecule has 0 saturated heterocycles. The van der Waals surface area contributed by atoms with Crippen molar-refractivity contribution in [3.8, 4) is 0 Å². The standard InChI is InChI=1S/C15H19N3O2/c1-10-4-3-5-14-16-12(8-17(10)14)9-18(13-6-7-13)11(2)15(19)20/h3-5,8,11,13H,6-7,9H2,1-2H3,(H,19,20). The number of aromatic nitrogens is 2. The van der Waals surface area contributed by atoms with E-state index in [9.17, 15) is 9.90 Å². The summed E-state index contributed by atoms with van der Waals surface area (Å²) in [5.41, 5.74) is 2.98. The van der Waals surface area contributed by atoms with Crippen LogP contribution in [-0.4, -0.2) is 37.4 Å². The Balaban J connectivity index is 1.87. The minimum atomic E-state index is -0.767. The highest BCUT2D eigenvalue weighted by molar-refractivity contribution is 5.73. The van der Waals surface area contributed by atoms with Crippen molar-refractivity contribution in [2.75, 3.05) is 0 Å². The third-order valence-corrected chi connectivity index (χ3v) is 3.96. The molecule has 2 heterocycles. The minimum absolute atomic E-state index is 0.395. The number of rotatable bonds is 5. The van der Waals surface area contributed by atoms with E-state index in [1.54, 1.807) is 6.92 Å². The summed E-state index contributed by atoms with van der Waals surface area (Å²) in [7, 11) is 0. The maximum Gasteiger partial charge on any atom is 0.320 e. The first-order chi connectivity index (χ1) is 9.56. The molecular weight excluding hydrogens is 254 g/mol. The predicted octanol–water partition coefficient (Wildman–Crippen LogP) is 2.08. The number of fused-ring (bicyclic) bond motifs is 1. The first-order valence-corrected chi connectivity index (χ1v) is 6.98. The largest absolute Gasteiger partial charge is 0.480 e. The summed E-state index contributed by atoms with van der Waals surface area (Å²) >= 11 is 0. The van der Waals surface area contributed by atoms with Gasteiger partial charge in [-0.3, -0.25) is 9.69 Å². The fraction of sp³-hybridized carbons (Fsp3) is 0.467. The highest BCUT2D eigenvalue weighted by Gasteiger charge is 2.35. The fourth-order valence-corrected chi connectivity index (χ4v) is 2.59. The summed E-state index contributed by atoms with van der Waals surface area (Å²) in [6.07, 6.45) is 4.18. The Hall–Kier alpha value is -1.88. The van der Waals surface area contributed by atoms with E-state index in [1.807, 2.05) is 40.6 Å². The van der Waals surface area contributed by atoms with E-state index >= 15 is 0 Å². The van der Waals surface area contributed by atoms with Gasteiger partial charge in [0.1, 0.15) is 11.7 Å². The monoisotopic (exact) mass is 273 g/mol. The smallest absolute Gasteiger partial charge is 0.320 e. The summed E-state index contributed by atoms with van der Waals surface area (Å²) in [6, 6.07) is 5.93. The molecule has 2 aromatic rings. The zero-order valence-corrected chi connectivity index (χ0v) is 11.8. The van der Waals surface area contributed by atoms with Crippen molar-refractivity contribution in [2.45, 2.75) is 45.3 Å². The van der Waals surface area contributed by atoms with Gasteiger partial charge in [-0.25, -0.2) is 4.98 Å². The number of carbonyl (C=O) groups is 1. The highest BCUT2D eigenvalue weighted by Crippen LogP contribution is 2.30. The average molecular weight is 273 g/mol. The van der Waals surface area contributed by atoms with Gasteiger partial charge >= 0.3 is 5.97 Å². The second kappa shape index (κ2) is 4.90. The summed E-state index contributed by atoms with van der Waals surface area (Å²) in [4.78, 5) is 17.9. The molecule has 1 aliphatic carbocycles. The van der Waals surface area contributed by atoms with Gasteiger partial charge in [-0.1, -0.05) is 6.07 Å². The molecule has 1 atom stereocenters. The van der Waals surface area contributed by atoms with Crippen molar-refractivity contribution >= 4 is 11.6 Å². The molecule has 2 aromatic heterocycles. The lowest BCUT2D eigenvalue weighted by molar-refractivity contribution is -0.143. The van der Waals surface area contributed by atoms with Crippen LogP contribution in [0.4, 0.5) is 0 Å². The molecule has 0 spiro atoms. The molecule has 0 aliphatic heterocycles. The summed E-state index contributed by atoms with van der Waals surface area (Å²) in [6.45, 7) is 4.39.